The van der Waals surface area contributed by atoms with E-state index in [1.54, 1.807) is 24.4 Å². The van der Waals surface area contributed by atoms with Crippen LogP contribution in [0.25, 0.3) is 10.6 Å². The van der Waals surface area contributed by atoms with Gasteiger partial charge in [0.05, 0.1) is 6.26 Å². The molecular formula is C12H12N2O3S2. The monoisotopic (exact) mass is 296 g/mol. The summed E-state index contributed by atoms with van der Waals surface area (Å²) in [4.78, 5) is 17.0. The van der Waals surface area contributed by atoms with Crippen molar-refractivity contribution in [2.75, 3.05) is 6.26 Å². The van der Waals surface area contributed by atoms with Crippen LogP contribution in [0.2, 0.25) is 0 Å². The fraction of sp³-hybridized carbons (Fsp3) is 0.167. The van der Waals surface area contributed by atoms with Crippen molar-refractivity contribution in [3.8, 4) is 10.6 Å². The second kappa shape index (κ2) is 5.10. The largest absolute Gasteiger partial charge is 0.268 e. The van der Waals surface area contributed by atoms with Gasteiger partial charge in [0.25, 0.3) is 5.91 Å². The lowest BCUT2D eigenvalue weighted by molar-refractivity contribution is 0.0981. The number of rotatable bonds is 3. The number of benzene rings is 1. The molecule has 0 atom stereocenters. The molecule has 1 amide bonds. The van der Waals surface area contributed by atoms with E-state index in [9.17, 15) is 13.2 Å². The van der Waals surface area contributed by atoms with Crippen LogP contribution in [-0.4, -0.2) is 25.6 Å². The average Bonchev–Trinajstić information content (AvgIpc) is 2.74. The first-order chi connectivity index (χ1) is 8.85. The van der Waals surface area contributed by atoms with Crippen molar-refractivity contribution in [1.82, 2.24) is 9.71 Å². The number of nitrogens with one attached hydrogen (secondary N) is 1. The number of aryl methyl sites for hydroxylation is 1. The molecular weight excluding hydrogens is 284 g/mol. The van der Waals surface area contributed by atoms with Crippen molar-refractivity contribution in [3.05, 3.63) is 40.9 Å². The summed E-state index contributed by atoms with van der Waals surface area (Å²) < 4.78 is 24.0. The van der Waals surface area contributed by atoms with E-state index in [-0.39, 0.29) is 5.56 Å². The fourth-order valence-electron chi connectivity index (χ4n) is 1.51. The number of aromatic nitrogens is 1. The number of sulfonamides is 1. The van der Waals surface area contributed by atoms with Gasteiger partial charge >= 0.3 is 0 Å². The molecule has 0 fully saturated rings. The molecule has 0 aliphatic carbocycles. The minimum atomic E-state index is -3.56. The molecule has 100 valence electrons. The highest BCUT2D eigenvalue weighted by molar-refractivity contribution is 7.89. The van der Waals surface area contributed by atoms with Crippen LogP contribution in [0.1, 0.15) is 15.2 Å². The first-order valence-corrected chi connectivity index (χ1v) is 8.11. The van der Waals surface area contributed by atoms with Crippen LogP contribution in [0.5, 0.6) is 0 Å². The predicted octanol–water partition coefficient (Wildman–Crippen LogP) is 1.81. The number of carbonyl (C=O) groups is 1. The first-order valence-electron chi connectivity index (χ1n) is 5.40. The molecule has 0 aliphatic rings. The number of carbonyl (C=O) groups excluding carboxylic acids is 1. The van der Waals surface area contributed by atoms with Gasteiger partial charge in [0.2, 0.25) is 10.0 Å². The topological polar surface area (TPSA) is 76.1 Å². The number of amides is 1. The van der Waals surface area contributed by atoms with Gasteiger partial charge in [-0.1, -0.05) is 12.1 Å². The van der Waals surface area contributed by atoms with E-state index in [1.807, 2.05) is 17.7 Å². The average molecular weight is 296 g/mol. The lowest BCUT2D eigenvalue weighted by Gasteiger charge is -2.04. The number of nitrogens with zero attached hydrogens (tertiary/aromatic N) is 1. The molecule has 2 aromatic rings. The summed E-state index contributed by atoms with van der Waals surface area (Å²) in [7, 11) is -3.56. The Morgan fingerprint density at radius 1 is 1.37 bits per heavy atom. The lowest BCUT2D eigenvalue weighted by atomic mass is 10.1. The standard InChI is InChI=1S/C12H12N2O3S2/c1-8-7-13-12(18-8)10-5-3-4-9(6-10)11(15)14-19(2,16)17/h3-7H,1-2H3,(H,14,15). The Morgan fingerprint density at radius 2 is 2.11 bits per heavy atom. The van der Waals surface area contributed by atoms with E-state index in [0.717, 1.165) is 21.7 Å². The summed E-state index contributed by atoms with van der Waals surface area (Å²) in [6.07, 6.45) is 2.70. The molecule has 0 aliphatic heterocycles. The normalized spacial score (nSPS) is 11.3. The van der Waals surface area contributed by atoms with Gasteiger partial charge in [-0.3, -0.25) is 4.79 Å². The Labute approximate surface area is 115 Å². The first kappa shape index (κ1) is 13.7. The molecule has 0 unspecified atom stereocenters. The van der Waals surface area contributed by atoms with Crippen LogP contribution in [0.3, 0.4) is 0 Å². The summed E-state index contributed by atoms with van der Waals surface area (Å²) in [5.74, 6) is -0.641. The van der Waals surface area contributed by atoms with E-state index in [2.05, 4.69) is 4.98 Å². The highest BCUT2D eigenvalue weighted by Crippen LogP contribution is 2.25. The number of thiazole rings is 1. The van der Waals surface area contributed by atoms with Crippen LogP contribution in [0.15, 0.2) is 30.5 Å². The lowest BCUT2D eigenvalue weighted by Crippen LogP contribution is -2.29. The van der Waals surface area contributed by atoms with Crippen LogP contribution in [0, 0.1) is 6.92 Å². The third-order valence-corrected chi connectivity index (χ3v) is 3.79. The SMILES string of the molecule is Cc1cnc(-c2cccc(C(=O)NS(C)(=O)=O)c2)s1. The maximum atomic E-state index is 11.7. The Morgan fingerprint density at radius 3 is 2.68 bits per heavy atom. The molecule has 0 saturated carbocycles. The van der Waals surface area contributed by atoms with Crippen LogP contribution >= 0.6 is 11.3 Å². The van der Waals surface area contributed by atoms with E-state index in [4.69, 9.17) is 0 Å². The van der Waals surface area contributed by atoms with Gasteiger partial charge in [0.1, 0.15) is 5.01 Å². The van der Waals surface area contributed by atoms with Crippen molar-refractivity contribution < 1.29 is 13.2 Å². The Bertz CT molecular complexity index is 720. The molecule has 7 heteroatoms. The molecule has 1 aromatic heterocycles. The summed E-state index contributed by atoms with van der Waals surface area (Å²) in [5.41, 5.74) is 1.08. The highest BCUT2D eigenvalue weighted by atomic mass is 32.2. The summed E-state index contributed by atoms with van der Waals surface area (Å²) >= 11 is 1.51. The molecule has 1 N–H and O–H groups in total. The fourth-order valence-corrected chi connectivity index (χ4v) is 2.72. The predicted molar refractivity (Wildman–Crippen MR) is 74.6 cm³/mol. The molecule has 0 bridgehead atoms. The molecule has 0 spiro atoms. The molecule has 0 saturated heterocycles. The zero-order valence-corrected chi connectivity index (χ0v) is 12.0. The summed E-state index contributed by atoms with van der Waals surface area (Å²) in [5, 5.41) is 0.798. The van der Waals surface area contributed by atoms with Gasteiger partial charge < -0.3 is 0 Å². The minimum Gasteiger partial charge on any atom is -0.268 e. The van der Waals surface area contributed by atoms with E-state index >= 15 is 0 Å². The second-order valence-electron chi connectivity index (χ2n) is 4.06. The van der Waals surface area contributed by atoms with Crippen molar-refractivity contribution in [2.24, 2.45) is 0 Å². The molecule has 19 heavy (non-hydrogen) atoms. The maximum absolute atomic E-state index is 11.7. The maximum Gasteiger partial charge on any atom is 0.264 e. The summed E-state index contributed by atoms with van der Waals surface area (Å²) in [6.45, 7) is 1.95. The van der Waals surface area contributed by atoms with E-state index in [1.165, 1.54) is 11.3 Å². The molecule has 5 nitrogen and oxygen atoms in total. The van der Waals surface area contributed by atoms with Crippen molar-refractivity contribution in [3.63, 3.8) is 0 Å². The molecule has 1 heterocycles. The van der Waals surface area contributed by atoms with Crippen LogP contribution in [-0.2, 0) is 10.0 Å². The van der Waals surface area contributed by atoms with Gasteiger partial charge in [-0.2, -0.15) is 0 Å². The minimum absolute atomic E-state index is 0.288. The third kappa shape index (κ3) is 3.62. The number of hydrogen-bond donors (Lipinski definition) is 1. The van der Waals surface area contributed by atoms with Crippen LogP contribution < -0.4 is 4.72 Å². The van der Waals surface area contributed by atoms with Crippen molar-refractivity contribution in [1.29, 1.82) is 0 Å². The van der Waals surface area contributed by atoms with Crippen molar-refractivity contribution >= 4 is 27.3 Å². The highest BCUT2D eigenvalue weighted by Gasteiger charge is 2.12. The van der Waals surface area contributed by atoms with E-state index < -0.39 is 15.9 Å². The molecule has 2 rings (SSSR count). The van der Waals surface area contributed by atoms with E-state index in [0.29, 0.717) is 0 Å². The Balaban J connectivity index is 2.32. The molecule has 0 radical (unpaired) electrons. The van der Waals surface area contributed by atoms with Gasteiger partial charge in [-0.05, 0) is 19.1 Å². The summed E-state index contributed by atoms with van der Waals surface area (Å²) in [6, 6.07) is 6.71. The molecule has 1 aromatic carbocycles. The van der Waals surface area contributed by atoms with Gasteiger partial charge in [0, 0.05) is 22.2 Å². The van der Waals surface area contributed by atoms with Crippen LogP contribution in [0.4, 0.5) is 0 Å². The third-order valence-electron chi connectivity index (χ3n) is 2.27. The second-order valence-corrected chi connectivity index (χ2v) is 7.04. The Kier molecular flexibility index (Phi) is 3.68. The zero-order chi connectivity index (χ0) is 14.0. The van der Waals surface area contributed by atoms with Gasteiger partial charge in [0.15, 0.2) is 0 Å². The van der Waals surface area contributed by atoms with Gasteiger partial charge in [-0.25, -0.2) is 18.1 Å². The zero-order valence-electron chi connectivity index (χ0n) is 10.4. The smallest absolute Gasteiger partial charge is 0.264 e. The quantitative estimate of drug-likeness (QED) is 0.937. The number of hydrogen-bond acceptors (Lipinski definition) is 5. The Hall–Kier alpha value is -1.73. The van der Waals surface area contributed by atoms with Gasteiger partial charge in [-0.15, -0.1) is 11.3 Å². The van der Waals surface area contributed by atoms with Crippen molar-refractivity contribution in [2.45, 2.75) is 6.92 Å².